The molecule has 0 radical (unpaired) electrons. The van der Waals surface area contributed by atoms with Crippen LogP contribution in [0.25, 0.3) is 0 Å². The Morgan fingerprint density at radius 3 is 2.74 bits per heavy atom. The van der Waals surface area contributed by atoms with E-state index in [0.29, 0.717) is 6.10 Å². The van der Waals surface area contributed by atoms with E-state index in [0.717, 1.165) is 56.4 Å². The maximum atomic E-state index is 5.82. The second-order valence-corrected chi connectivity index (χ2v) is 6.13. The minimum atomic E-state index is 0.320. The third-order valence-electron chi connectivity index (χ3n) is 4.25. The number of rotatable bonds is 7. The molecule has 0 N–H and O–H groups in total. The Hall–Kier alpha value is -1.78. The van der Waals surface area contributed by atoms with Crippen LogP contribution in [0.1, 0.15) is 29.9 Å². The molecule has 1 aromatic heterocycles. The summed E-state index contributed by atoms with van der Waals surface area (Å²) < 4.78 is 17.1. The Labute approximate surface area is 138 Å². The Kier molecular flexibility index (Phi) is 5.36. The molecule has 1 aliphatic rings. The molecule has 0 aliphatic carbocycles. The van der Waals surface area contributed by atoms with Crippen LogP contribution in [-0.2, 0) is 17.8 Å². The van der Waals surface area contributed by atoms with Gasteiger partial charge in [0, 0.05) is 25.3 Å². The van der Waals surface area contributed by atoms with Crippen molar-refractivity contribution in [2.45, 2.75) is 39.0 Å². The first-order valence-corrected chi connectivity index (χ1v) is 8.26. The lowest BCUT2D eigenvalue weighted by Gasteiger charge is -2.25. The first-order chi connectivity index (χ1) is 11.2. The molecule has 1 atom stereocenters. The van der Waals surface area contributed by atoms with E-state index in [1.807, 2.05) is 25.1 Å². The summed E-state index contributed by atoms with van der Waals surface area (Å²) in [6.07, 6.45) is 2.62. The molecule has 1 saturated heterocycles. The summed E-state index contributed by atoms with van der Waals surface area (Å²) in [5.74, 6) is 2.88. The lowest BCUT2D eigenvalue weighted by Crippen LogP contribution is -2.31. The Morgan fingerprint density at radius 1 is 1.17 bits per heavy atom. The van der Waals surface area contributed by atoms with Gasteiger partial charge in [0.15, 0.2) is 0 Å². The standard InChI is InChI=1S/C19H25NO3/c1-15-9-10-18(23-15)14-20(13-17-7-5-11-22-17)12-16-6-3-4-8-19(16)21-2/h3-4,6,8-10,17H,5,7,11-14H2,1-2H3. The van der Waals surface area contributed by atoms with Crippen molar-refractivity contribution in [3.05, 3.63) is 53.5 Å². The smallest absolute Gasteiger partial charge is 0.123 e. The number of hydrogen-bond acceptors (Lipinski definition) is 4. The number of benzene rings is 1. The minimum absolute atomic E-state index is 0.320. The number of nitrogens with zero attached hydrogens (tertiary/aromatic N) is 1. The summed E-state index contributed by atoms with van der Waals surface area (Å²) in [4.78, 5) is 2.38. The van der Waals surface area contributed by atoms with Gasteiger partial charge in [0.1, 0.15) is 17.3 Å². The molecular formula is C19H25NO3. The summed E-state index contributed by atoms with van der Waals surface area (Å²) in [7, 11) is 1.72. The van der Waals surface area contributed by atoms with Gasteiger partial charge in [-0.15, -0.1) is 0 Å². The molecule has 1 aliphatic heterocycles. The van der Waals surface area contributed by atoms with Crippen molar-refractivity contribution in [2.75, 3.05) is 20.3 Å². The molecule has 0 amide bonds. The van der Waals surface area contributed by atoms with Crippen LogP contribution in [0, 0.1) is 6.92 Å². The van der Waals surface area contributed by atoms with E-state index in [4.69, 9.17) is 13.9 Å². The molecule has 0 bridgehead atoms. The fraction of sp³-hybridized carbons (Fsp3) is 0.474. The zero-order valence-corrected chi connectivity index (χ0v) is 14.0. The van der Waals surface area contributed by atoms with E-state index in [2.05, 4.69) is 23.1 Å². The van der Waals surface area contributed by atoms with E-state index in [-0.39, 0.29) is 0 Å². The molecular weight excluding hydrogens is 290 g/mol. The molecule has 0 saturated carbocycles. The van der Waals surface area contributed by atoms with Gasteiger partial charge < -0.3 is 13.9 Å². The first-order valence-electron chi connectivity index (χ1n) is 8.26. The second-order valence-electron chi connectivity index (χ2n) is 6.13. The van der Waals surface area contributed by atoms with E-state index in [9.17, 15) is 0 Å². The zero-order chi connectivity index (χ0) is 16.1. The third kappa shape index (κ3) is 4.36. The van der Waals surface area contributed by atoms with Gasteiger partial charge in [0.05, 0.1) is 19.8 Å². The van der Waals surface area contributed by atoms with Crippen molar-refractivity contribution in [1.29, 1.82) is 0 Å². The summed E-state index contributed by atoms with van der Waals surface area (Å²) >= 11 is 0. The maximum Gasteiger partial charge on any atom is 0.123 e. The molecule has 124 valence electrons. The molecule has 0 spiro atoms. The fourth-order valence-corrected chi connectivity index (χ4v) is 3.13. The van der Waals surface area contributed by atoms with Gasteiger partial charge in [-0.1, -0.05) is 18.2 Å². The number of furan rings is 1. The average molecular weight is 315 g/mol. The van der Waals surface area contributed by atoms with Crippen molar-refractivity contribution in [3.8, 4) is 5.75 Å². The van der Waals surface area contributed by atoms with Gasteiger partial charge in [-0.25, -0.2) is 0 Å². The third-order valence-corrected chi connectivity index (χ3v) is 4.25. The van der Waals surface area contributed by atoms with E-state index < -0.39 is 0 Å². The number of ether oxygens (including phenoxy) is 2. The maximum absolute atomic E-state index is 5.82. The minimum Gasteiger partial charge on any atom is -0.496 e. The Balaban J connectivity index is 1.73. The van der Waals surface area contributed by atoms with Crippen molar-refractivity contribution < 1.29 is 13.9 Å². The van der Waals surface area contributed by atoms with Gasteiger partial charge >= 0.3 is 0 Å². The van der Waals surface area contributed by atoms with Crippen LogP contribution >= 0.6 is 0 Å². The van der Waals surface area contributed by atoms with Gasteiger partial charge in [-0.2, -0.15) is 0 Å². The van der Waals surface area contributed by atoms with Crippen LogP contribution in [0.4, 0.5) is 0 Å². The Morgan fingerprint density at radius 2 is 2.04 bits per heavy atom. The molecule has 3 rings (SSSR count). The van der Waals surface area contributed by atoms with Crippen molar-refractivity contribution >= 4 is 0 Å². The van der Waals surface area contributed by atoms with Crippen molar-refractivity contribution in [3.63, 3.8) is 0 Å². The molecule has 2 heterocycles. The van der Waals surface area contributed by atoms with Gasteiger partial charge in [-0.3, -0.25) is 4.90 Å². The van der Waals surface area contributed by atoms with Crippen LogP contribution in [-0.4, -0.2) is 31.3 Å². The highest BCUT2D eigenvalue weighted by molar-refractivity contribution is 5.33. The van der Waals surface area contributed by atoms with Gasteiger partial charge in [-0.05, 0) is 38.0 Å². The van der Waals surface area contributed by atoms with E-state index >= 15 is 0 Å². The predicted molar refractivity (Wildman–Crippen MR) is 89.5 cm³/mol. The highest BCUT2D eigenvalue weighted by Gasteiger charge is 2.21. The van der Waals surface area contributed by atoms with Crippen LogP contribution < -0.4 is 4.74 Å². The fourth-order valence-electron chi connectivity index (χ4n) is 3.13. The largest absolute Gasteiger partial charge is 0.496 e. The van der Waals surface area contributed by atoms with Gasteiger partial charge in [0.25, 0.3) is 0 Å². The quantitative estimate of drug-likeness (QED) is 0.779. The topological polar surface area (TPSA) is 34.8 Å². The number of hydrogen-bond donors (Lipinski definition) is 0. The van der Waals surface area contributed by atoms with Crippen LogP contribution in [0.5, 0.6) is 5.75 Å². The number of aryl methyl sites for hydroxylation is 1. The Bertz CT molecular complexity index is 617. The highest BCUT2D eigenvalue weighted by Crippen LogP contribution is 2.22. The molecule has 2 aromatic rings. The summed E-state index contributed by atoms with van der Waals surface area (Å²) in [5, 5.41) is 0. The lowest BCUT2D eigenvalue weighted by molar-refractivity contribution is 0.0651. The second kappa shape index (κ2) is 7.66. The van der Waals surface area contributed by atoms with Crippen LogP contribution in [0.2, 0.25) is 0 Å². The number of para-hydroxylation sites is 1. The molecule has 23 heavy (non-hydrogen) atoms. The first kappa shape index (κ1) is 16.1. The predicted octanol–water partition coefficient (Wildman–Crippen LogP) is 3.78. The monoisotopic (exact) mass is 315 g/mol. The molecule has 4 heteroatoms. The normalized spacial score (nSPS) is 17.8. The summed E-state index contributed by atoms with van der Waals surface area (Å²) in [5.41, 5.74) is 1.19. The zero-order valence-electron chi connectivity index (χ0n) is 14.0. The molecule has 1 unspecified atom stereocenters. The number of methoxy groups -OCH3 is 1. The lowest BCUT2D eigenvalue weighted by atomic mass is 10.1. The molecule has 1 fully saturated rings. The highest BCUT2D eigenvalue weighted by atomic mass is 16.5. The molecule has 1 aromatic carbocycles. The van der Waals surface area contributed by atoms with E-state index in [1.165, 1.54) is 5.56 Å². The van der Waals surface area contributed by atoms with E-state index in [1.54, 1.807) is 7.11 Å². The van der Waals surface area contributed by atoms with Crippen LogP contribution in [0.15, 0.2) is 40.8 Å². The van der Waals surface area contributed by atoms with Crippen LogP contribution in [0.3, 0.4) is 0 Å². The van der Waals surface area contributed by atoms with Crippen molar-refractivity contribution in [1.82, 2.24) is 4.90 Å². The average Bonchev–Trinajstić information content (AvgIpc) is 3.20. The summed E-state index contributed by atoms with van der Waals surface area (Å²) in [6, 6.07) is 12.3. The molecule has 4 nitrogen and oxygen atoms in total. The summed E-state index contributed by atoms with van der Waals surface area (Å²) in [6.45, 7) is 5.38. The SMILES string of the molecule is COc1ccccc1CN(Cc1ccc(C)o1)CC1CCCO1. The van der Waals surface area contributed by atoms with Gasteiger partial charge in [0.2, 0.25) is 0 Å². The van der Waals surface area contributed by atoms with Crippen molar-refractivity contribution in [2.24, 2.45) is 0 Å².